The lowest BCUT2D eigenvalue weighted by Crippen LogP contribution is -2.10. The Morgan fingerprint density at radius 2 is 1.34 bits per heavy atom. The Kier molecular flexibility index (Phi) is 8.26. The predicted octanol–water partition coefficient (Wildman–Crippen LogP) is 6.52. The number of carbonyl (C=O) groups excluding carboxylic acids is 2. The first kappa shape index (κ1) is 25.5. The Morgan fingerprint density at radius 3 is 2.00 bits per heavy atom. The van der Waals surface area contributed by atoms with Crippen LogP contribution in [0.15, 0.2) is 78.9 Å². The molecule has 0 spiro atoms. The molecule has 0 aliphatic heterocycles. The molecule has 0 bridgehead atoms. The molecule has 3 aromatic carbocycles. The molecule has 5 nitrogen and oxygen atoms in total. The molecule has 0 radical (unpaired) electrons. The lowest BCUT2D eigenvalue weighted by Gasteiger charge is -2.18. The third-order valence-corrected chi connectivity index (χ3v) is 5.39. The lowest BCUT2D eigenvalue weighted by molar-refractivity contribution is -0.128. The monoisotopic (exact) mass is 470 g/mol. The fourth-order valence-corrected chi connectivity index (χ4v) is 3.38. The Bertz CT molecular complexity index is 1240. The van der Waals surface area contributed by atoms with Crippen LogP contribution < -0.4 is 14.2 Å². The topological polar surface area (TPSA) is 61.8 Å². The van der Waals surface area contributed by atoms with E-state index in [1.165, 1.54) is 17.7 Å². The second-order valence-corrected chi connectivity index (χ2v) is 8.93. The van der Waals surface area contributed by atoms with Gasteiger partial charge < -0.3 is 14.2 Å². The normalized spacial score (nSPS) is 11.6. The van der Waals surface area contributed by atoms with Crippen LogP contribution in [0, 0.1) is 0 Å². The molecule has 5 heteroatoms. The number of carbonyl (C=O) groups is 2. The second kappa shape index (κ2) is 11.3. The molecule has 0 N–H and O–H groups in total. The number of hydrogen-bond donors (Lipinski definition) is 0. The van der Waals surface area contributed by atoms with Crippen molar-refractivity contribution in [1.29, 1.82) is 0 Å². The molecule has 0 fully saturated rings. The van der Waals surface area contributed by atoms with Crippen LogP contribution in [-0.4, -0.2) is 26.0 Å². The summed E-state index contributed by atoms with van der Waals surface area (Å²) in [6.07, 6.45) is 6.15. The summed E-state index contributed by atoms with van der Waals surface area (Å²) in [5.41, 5.74) is 3.22. The van der Waals surface area contributed by atoms with Crippen molar-refractivity contribution < 1.29 is 23.8 Å². The SMILES string of the molecule is COc1ccc(/C=C/C(=O)c2ccccc2OC(=O)/C=C/c2ccc(C(C)(C)C)cc2)cc1OC. The number of methoxy groups -OCH3 is 2. The van der Waals surface area contributed by atoms with Crippen molar-refractivity contribution in [1.82, 2.24) is 0 Å². The summed E-state index contributed by atoms with van der Waals surface area (Å²) in [4.78, 5) is 25.3. The molecular formula is C30H30O5. The summed E-state index contributed by atoms with van der Waals surface area (Å²) in [6.45, 7) is 6.45. The third kappa shape index (κ3) is 6.93. The molecule has 3 rings (SSSR count). The van der Waals surface area contributed by atoms with Gasteiger partial charge in [-0.1, -0.05) is 69.3 Å². The molecule has 0 amide bonds. The Labute approximate surface area is 206 Å². The molecule has 0 aliphatic rings. The summed E-state index contributed by atoms with van der Waals surface area (Å²) in [7, 11) is 3.11. The van der Waals surface area contributed by atoms with Crippen LogP contribution in [0.4, 0.5) is 0 Å². The number of hydrogen-bond acceptors (Lipinski definition) is 5. The summed E-state index contributed by atoms with van der Waals surface area (Å²) in [5, 5.41) is 0. The van der Waals surface area contributed by atoms with E-state index in [4.69, 9.17) is 14.2 Å². The minimum atomic E-state index is -0.561. The Balaban J connectivity index is 1.70. The Hall–Kier alpha value is -4.12. The number of allylic oxidation sites excluding steroid dienone is 1. The van der Waals surface area contributed by atoms with Gasteiger partial charge >= 0.3 is 5.97 Å². The van der Waals surface area contributed by atoms with E-state index in [2.05, 4.69) is 20.8 Å². The Morgan fingerprint density at radius 1 is 0.714 bits per heavy atom. The van der Waals surface area contributed by atoms with Gasteiger partial charge in [-0.15, -0.1) is 0 Å². The lowest BCUT2D eigenvalue weighted by atomic mass is 9.87. The quantitative estimate of drug-likeness (QED) is 0.162. The molecule has 3 aromatic rings. The highest BCUT2D eigenvalue weighted by Gasteiger charge is 2.14. The first-order chi connectivity index (χ1) is 16.7. The van der Waals surface area contributed by atoms with Crippen molar-refractivity contribution in [3.8, 4) is 17.2 Å². The zero-order valence-electron chi connectivity index (χ0n) is 20.7. The van der Waals surface area contributed by atoms with Crippen molar-refractivity contribution in [2.45, 2.75) is 26.2 Å². The van der Waals surface area contributed by atoms with Crippen molar-refractivity contribution in [3.05, 3.63) is 101 Å². The van der Waals surface area contributed by atoms with Crippen LogP contribution >= 0.6 is 0 Å². The molecule has 0 atom stereocenters. The van der Waals surface area contributed by atoms with E-state index in [0.717, 1.165) is 11.1 Å². The van der Waals surface area contributed by atoms with Crippen molar-refractivity contribution in [2.75, 3.05) is 14.2 Å². The predicted molar refractivity (Wildman–Crippen MR) is 139 cm³/mol. The highest BCUT2D eigenvalue weighted by Crippen LogP contribution is 2.28. The van der Waals surface area contributed by atoms with Gasteiger partial charge in [0.2, 0.25) is 0 Å². The van der Waals surface area contributed by atoms with Gasteiger partial charge in [0.1, 0.15) is 5.75 Å². The van der Waals surface area contributed by atoms with E-state index >= 15 is 0 Å². The minimum absolute atomic E-state index is 0.0608. The molecule has 0 aliphatic carbocycles. The zero-order valence-corrected chi connectivity index (χ0v) is 20.7. The van der Waals surface area contributed by atoms with Crippen LogP contribution in [0.5, 0.6) is 17.2 Å². The molecule has 0 saturated heterocycles. The maximum atomic E-state index is 12.8. The minimum Gasteiger partial charge on any atom is -0.493 e. The summed E-state index contributed by atoms with van der Waals surface area (Å²) in [6, 6.07) is 20.0. The molecular weight excluding hydrogens is 440 g/mol. The molecule has 0 saturated carbocycles. The first-order valence-electron chi connectivity index (χ1n) is 11.2. The largest absolute Gasteiger partial charge is 0.493 e. The maximum Gasteiger partial charge on any atom is 0.336 e. The summed E-state index contributed by atoms with van der Waals surface area (Å²) >= 11 is 0. The number of rotatable bonds is 8. The average Bonchev–Trinajstić information content (AvgIpc) is 2.85. The number of para-hydroxylation sites is 1. The van der Waals surface area contributed by atoms with Crippen molar-refractivity contribution in [2.24, 2.45) is 0 Å². The van der Waals surface area contributed by atoms with Gasteiger partial charge in [-0.25, -0.2) is 4.79 Å². The van der Waals surface area contributed by atoms with E-state index in [9.17, 15) is 9.59 Å². The fraction of sp³-hybridized carbons (Fsp3) is 0.200. The van der Waals surface area contributed by atoms with Crippen molar-refractivity contribution in [3.63, 3.8) is 0 Å². The number of esters is 1. The van der Waals surface area contributed by atoms with E-state index in [1.807, 2.05) is 30.3 Å². The molecule has 180 valence electrons. The van der Waals surface area contributed by atoms with Gasteiger partial charge in [-0.2, -0.15) is 0 Å². The molecule has 0 heterocycles. The number of ether oxygens (including phenoxy) is 3. The van der Waals surface area contributed by atoms with Crippen LogP contribution in [0.2, 0.25) is 0 Å². The number of ketones is 1. The summed E-state index contributed by atoms with van der Waals surface area (Å²) < 4.78 is 16.0. The van der Waals surface area contributed by atoms with Crippen LogP contribution in [0.1, 0.15) is 47.8 Å². The summed E-state index contributed by atoms with van der Waals surface area (Å²) in [5.74, 6) is 0.522. The van der Waals surface area contributed by atoms with Crippen LogP contribution in [0.3, 0.4) is 0 Å². The van der Waals surface area contributed by atoms with Gasteiger partial charge in [-0.3, -0.25) is 4.79 Å². The first-order valence-corrected chi connectivity index (χ1v) is 11.2. The smallest absolute Gasteiger partial charge is 0.336 e. The molecule has 0 aromatic heterocycles. The van der Waals surface area contributed by atoms with Gasteiger partial charge in [0.25, 0.3) is 0 Å². The highest BCUT2D eigenvalue weighted by molar-refractivity contribution is 6.09. The molecule has 0 unspecified atom stereocenters. The third-order valence-electron chi connectivity index (χ3n) is 5.39. The van der Waals surface area contributed by atoms with Gasteiger partial charge in [0.15, 0.2) is 17.3 Å². The molecule has 35 heavy (non-hydrogen) atoms. The van der Waals surface area contributed by atoms with Crippen LogP contribution in [0.25, 0.3) is 12.2 Å². The second-order valence-electron chi connectivity index (χ2n) is 8.93. The standard InChI is InChI=1S/C30H30O5/c1-30(2,3)23-15-10-21(11-16-23)14-19-29(32)35-26-9-7-6-8-24(26)25(31)17-12-22-13-18-27(33-4)28(20-22)34-5/h6-20H,1-5H3/b17-12+,19-14+. The number of benzene rings is 3. The maximum absolute atomic E-state index is 12.8. The van der Waals surface area contributed by atoms with Crippen molar-refractivity contribution >= 4 is 23.9 Å². The average molecular weight is 471 g/mol. The fourth-order valence-electron chi connectivity index (χ4n) is 3.38. The van der Waals surface area contributed by atoms with E-state index in [1.54, 1.807) is 62.8 Å². The van der Waals surface area contributed by atoms with E-state index in [0.29, 0.717) is 17.1 Å². The highest BCUT2D eigenvalue weighted by atomic mass is 16.5. The zero-order chi connectivity index (χ0) is 25.4. The van der Waals surface area contributed by atoms with Gasteiger partial charge in [-0.05, 0) is 58.5 Å². The van der Waals surface area contributed by atoms with E-state index < -0.39 is 5.97 Å². The van der Waals surface area contributed by atoms with Gasteiger partial charge in [0, 0.05) is 6.08 Å². The van der Waals surface area contributed by atoms with Crippen LogP contribution in [-0.2, 0) is 10.2 Å². The van der Waals surface area contributed by atoms with Gasteiger partial charge in [0.05, 0.1) is 19.8 Å². The van der Waals surface area contributed by atoms with E-state index in [-0.39, 0.29) is 16.9 Å².